The molecule has 0 aliphatic rings. The standard InChI is InChI=1S/C13H20N2O/c1-9(2)11(14)8-13(16)15-12-7-5-4-6-10(12)3/h4-7,9,11H,8,14H2,1-3H3,(H,15,16). The summed E-state index contributed by atoms with van der Waals surface area (Å²) in [6, 6.07) is 7.64. The Kier molecular flexibility index (Phi) is 4.50. The van der Waals surface area contributed by atoms with Crippen LogP contribution in [0.2, 0.25) is 0 Å². The summed E-state index contributed by atoms with van der Waals surface area (Å²) in [5, 5.41) is 2.88. The Labute approximate surface area is 97.0 Å². The van der Waals surface area contributed by atoms with E-state index < -0.39 is 0 Å². The van der Waals surface area contributed by atoms with Crippen LogP contribution in [0.25, 0.3) is 0 Å². The van der Waals surface area contributed by atoms with E-state index in [-0.39, 0.29) is 11.9 Å². The van der Waals surface area contributed by atoms with E-state index in [2.05, 4.69) is 5.32 Å². The van der Waals surface area contributed by atoms with E-state index in [1.807, 2.05) is 45.0 Å². The fourth-order valence-electron chi connectivity index (χ4n) is 1.36. The molecule has 0 fully saturated rings. The van der Waals surface area contributed by atoms with Crippen molar-refractivity contribution in [1.29, 1.82) is 0 Å². The number of hydrogen-bond donors (Lipinski definition) is 2. The smallest absolute Gasteiger partial charge is 0.225 e. The number of benzene rings is 1. The molecule has 0 heterocycles. The fourth-order valence-corrected chi connectivity index (χ4v) is 1.36. The number of nitrogens with two attached hydrogens (primary N) is 1. The Balaban J connectivity index is 2.55. The van der Waals surface area contributed by atoms with Gasteiger partial charge < -0.3 is 11.1 Å². The van der Waals surface area contributed by atoms with Crippen LogP contribution in [-0.4, -0.2) is 11.9 Å². The summed E-state index contributed by atoms with van der Waals surface area (Å²) in [7, 11) is 0. The number of nitrogens with one attached hydrogen (secondary N) is 1. The second kappa shape index (κ2) is 5.66. The number of aryl methyl sites for hydroxylation is 1. The van der Waals surface area contributed by atoms with Gasteiger partial charge in [0, 0.05) is 18.2 Å². The maximum Gasteiger partial charge on any atom is 0.225 e. The van der Waals surface area contributed by atoms with Crippen LogP contribution in [0.4, 0.5) is 5.69 Å². The molecule has 0 bridgehead atoms. The lowest BCUT2D eigenvalue weighted by molar-refractivity contribution is -0.116. The van der Waals surface area contributed by atoms with Gasteiger partial charge in [-0.15, -0.1) is 0 Å². The van der Waals surface area contributed by atoms with E-state index in [4.69, 9.17) is 5.73 Å². The van der Waals surface area contributed by atoms with Gasteiger partial charge in [-0.1, -0.05) is 32.0 Å². The van der Waals surface area contributed by atoms with E-state index in [0.29, 0.717) is 12.3 Å². The maximum absolute atomic E-state index is 11.7. The van der Waals surface area contributed by atoms with E-state index in [1.54, 1.807) is 0 Å². The van der Waals surface area contributed by atoms with E-state index >= 15 is 0 Å². The van der Waals surface area contributed by atoms with Gasteiger partial charge in [0.1, 0.15) is 0 Å². The molecule has 3 heteroatoms. The molecule has 1 unspecified atom stereocenters. The number of carbonyl (C=O) groups excluding carboxylic acids is 1. The minimum Gasteiger partial charge on any atom is -0.327 e. The highest BCUT2D eigenvalue weighted by atomic mass is 16.1. The van der Waals surface area contributed by atoms with Gasteiger partial charge >= 0.3 is 0 Å². The summed E-state index contributed by atoms with van der Waals surface area (Å²) in [5.41, 5.74) is 7.78. The molecule has 88 valence electrons. The highest BCUT2D eigenvalue weighted by molar-refractivity contribution is 5.91. The average molecular weight is 220 g/mol. The van der Waals surface area contributed by atoms with Gasteiger partial charge in [0.25, 0.3) is 0 Å². The largest absolute Gasteiger partial charge is 0.327 e. The molecule has 1 aromatic carbocycles. The summed E-state index contributed by atoms with van der Waals surface area (Å²) >= 11 is 0. The van der Waals surface area contributed by atoms with Gasteiger partial charge in [0.2, 0.25) is 5.91 Å². The average Bonchev–Trinajstić information content (AvgIpc) is 2.21. The number of carbonyl (C=O) groups is 1. The van der Waals surface area contributed by atoms with Gasteiger partial charge in [-0.3, -0.25) is 4.79 Å². The number of rotatable bonds is 4. The number of amides is 1. The van der Waals surface area contributed by atoms with E-state index in [0.717, 1.165) is 11.3 Å². The molecule has 0 aliphatic carbocycles. The molecule has 1 rings (SSSR count). The lowest BCUT2D eigenvalue weighted by Gasteiger charge is -2.15. The van der Waals surface area contributed by atoms with Crippen molar-refractivity contribution in [3.63, 3.8) is 0 Å². The van der Waals surface area contributed by atoms with Gasteiger partial charge in [-0.2, -0.15) is 0 Å². The molecule has 3 N–H and O–H groups in total. The van der Waals surface area contributed by atoms with Gasteiger partial charge in [-0.05, 0) is 24.5 Å². The number of hydrogen-bond acceptors (Lipinski definition) is 2. The van der Waals surface area contributed by atoms with Gasteiger partial charge in [0.05, 0.1) is 0 Å². The molecule has 0 saturated heterocycles. The van der Waals surface area contributed by atoms with Crippen LogP contribution in [0, 0.1) is 12.8 Å². The summed E-state index contributed by atoms with van der Waals surface area (Å²) in [6.45, 7) is 6.01. The van der Waals surface area contributed by atoms with Crippen molar-refractivity contribution in [2.75, 3.05) is 5.32 Å². The van der Waals surface area contributed by atoms with Gasteiger partial charge in [0.15, 0.2) is 0 Å². The summed E-state index contributed by atoms with van der Waals surface area (Å²) < 4.78 is 0. The molecule has 1 atom stereocenters. The van der Waals surface area contributed by atoms with Crippen molar-refractivity contribution >= 4 is 11.6 Å². The van der Waals surface area contributed by atoms with Crippen molar-refractivity contribution in [3.05, 3.63) is 29.8 Å². The Morgan fingerprint density at radius 1 is 1.38 bits per heavy atom. The van der Waals surface area contributed by atoms with Crippen LogP contribution in [0.3, 0.4) is 0 Å². The molecule has 1 aromatic rings. The predicted octanol–water partition coefficient (Wildman–Crippen LogP) is 2.31. The van der Waals surface area contributed by atoms with Crippen LogP contribution >= 0.6 is 0 Å². The zero-order valence-electron chi connectivity index (χ0n) is 10.2. The maximum atomic E-state index is 11.7. The molecule has 1 amide bonds. The molecule has 0 saturated carbocycles. The van der Waals surface area contributed by atoms with Crippen molar-refractivity contribution in [3.8, 4) is 0 Å². The first kappa shape index (κ1) is 12.7. The molecule has 16 heavy (non-hydrogen) atoms. The Hall–Kier alpha value is -1.35. The third kappa shape index (κ3) is 3.66. The molecule has 3 nitrogen and oxygen atoms in total. The van der Waals surface area contributed by atoms with Crippen LogP contribution in [0.5, 0.6) is 0 Å². The Morgan fingerprint density at radius 3 is 2.56 bits per heavy atom. The topological polar surface area (TPSA) is 55.1 Å². The van der Waals surface area contributed by atoms with Crippen LogP contribution in [-0.2, 0) is 4.79 Å². The van der Waals surface area contributed by atoms with Crippen molar-refractivity contribution in [1.82, 2.24) is 0 Å². The summed E-state index contributed by atoms with van der Waals surface area (Å²) in [5.74, 6) is 0.304. The van der Waals surface area contributed by atoms with Crippen LogP contribution in [0.1, 0.15) is 25.8 Å². The first-order valence-electron chi connectivity index (χ1n) is 5.61. The van der Waals surface area contributed by atoms with Crippen molar-refractivity contribution in [2.45, 2.75) is 33.2 Å². The number of anilines is 1. The van der Waals surface area contributed by atoms with Gasteiger partial charge in [-0.25, -0.2) is 0 Å². The SMILES string of the molecule is Cc1ccccc1NC(=O)CC(N)C(C)C. The van der Waals surface area contributed by atoms with Crippen molar-refractivity contribution < 1.29 is 4.79 Å². The second-order valence-electron chi connectivity index (χ2n) is 4.48. The highest BCUT2D eigenvalue weighted by Crippen LogP contribution is 2.14. The van der Waals surface area contributed by atoms with Crippen LogP contribution in [0.15, 0.2) is 24.3 Å². The molecule has 0 aromatic heterocycles. The first-order chi connectivity index (χ1) is 7.50. The monoisotopic (exact) mass is 220 g/mol. The number of para-hydroxylation sites is 1. The predicted molar refractivity (Wildman–Crippen MR) is 67.2 cm³/mol. The first-order valence-corrected chi connectivity index (χ1v) is 5.61. The molecule has 0 radical (unpaired) electrons. The summed E-state index contributed by atoms with van der Waals surface area (Å²) in [6.07, 6.45) is 0.367. The minimum absolute atomic E-state index is 0.0181. The Bertz CT molecular complexity index is 361. The zero-order chi connectivity index (χ0) is 12.1. The fraction of sp³-hybridized carbons (Fsp3) is 0.462. The van der Waals surface area contributed by atoms with E-state index in [1.165, 1.54) is 0 Å². The second-order valence-corrected chi connectivity index (χ2v) is 4.48. The van der Waals surface area contributed by atoms with E-state index in [9.17, 15) is 4.79 Å². The summed E-state index contributed by atoms with van der Waals surface area (Å²) in [4.78, 5) is 11.7. The Morgan fingerprint density at radius 2 is 2.00 bits per heavy atom. The third-order valence-corrected chi connectivity index (χ3v) is 2.70. The highest BCUT2D eigenvalue weighted by Gasteiger charge is 2.13. The molecular formula is C13H20N2O. The molecule has 0 aliphatic heterocycles. The molecular weight excluding hydrogens is 200 g/mol. The minimum atomic E-state index is -0.0796. The lowest BCUT2D eigenvalue weighted by Crippen LogP contribution is -2.31. The van der Waals surface area contributed by atoms with Crippen molar-refractivity contribution in [2.24, 2.45) is 11.7 Å². The quantitative estimate of drug-likeness (QED) is 0.818. The lowest BCUT2D eigenvalue weighted by atomic mass is 10.0. The zero-order valence-corrected chi connectivity index (χ0v) is 10.2. The third-order valence-electron chi connectivity index (χ3n) is 2.70. The normalized spacial score (nSPS) is 12.6. The molecule has 0 spiro atoms. The van der Waals surface area contributed by atoms with Crippen LogP contribution < -0.4 is 11.1 Å².